The lowest BCUT2D eigenvalue weighted by atomic mass is 9.88. The van der Waals surface area contributed by atoms with Crippen molar-refractivity contribution in [3.63, 3.8) is 0 Å². The molecule has 0 spiro atoms. The number of hydrogen-bond acceptors (Lipinski definition) is 6. The van der Waals surface area contributed by atoms with Crippen molar-refractivity contribution in [1.29, 1.82) is 0 Å². The highest BCUT2D eigenvalue weighted by Gasteiger charge is 2.35. The summed E-state index contributed by atoms with van der Waals surface area (Å²) < 4.78 is 12.1. The van der Waals surface area contributed by atoms with Gasteiger partial charge in [0.05, 0.1) is 25.2 Å². The summed E-state index contributed by atoms with van der Waals surface area (Å²) in [5.41, 5.74) is 9.39. The number of amides is 2. The van der Waals surface area contributed by atoms with Crippen molar-refractivity contribution < 1.29 is 19.1 Å². The van der Waals surface area contributed by atoms with Gasteiger partial charge in [-0.1, -0.05) is 31.4 Å². The van der Waals surface area contributed by atoms with E-state index in [-0.39, 0.29) is 36.4 Å². The van der Waals surface area contributed by atoms with Crippen LogP contribution in [0, 0.1) is 0 Å². The fraction of sp³-hybridized carbons (Fsp3) is 0.516. The summed E-state index contributed by atoms with van der Waals surface area (Å²) in [5.74, 6) is 1.46. The molecule has 4 heterocycles. The molecule has 2 aromatic carbocycles. The van der Waals surface area contributed by atoms with Gasteiger partial charge in [-0.25, -0.2) is 4.99 Å². The smallest absolute Gasteiger partial charge is 0.251 e. The van der Waals surface area contributed by atoms with E-state index in [0.29, 0.717) is 30.8 Å². The Balaban J connectivity index is 1.50. The molecule has 0 aromatic heterocycles. The number of hydrogen-bond donors (Lipinski definition) is 2. The number of nitrogens with two attached hydrogens (primary N) is 1. The van der Waals surface area contributed by atoms with Gasteiger partial charge in [0, 0.05) is 29.5 Å². The molecule has 208 valence electrons. The zero-order valence-corrected chi connectivity index (χ0v) is 23.3. The first kappa shape index (κ1) is 27.0. The Morgan fingerprint density at radius 1 is 1.13 bits per heavy atom. The molecule has 4 aliphatic heterocycles. The van der Waals surface area contributed by atoms with Crippen molar-refractivity contribution in [1.82, 2.24) is 10.2 Å². The van der Waals surface area contributed by atoms with Crippen molar-refractivity contribution in [3.8, 4) is 11.5 Å². The summed E-state index contributed by atoms with van der Waals surface area (Å²) in [6, 6.07) is 11.5. The van der Waals surface area contributed by atoms with Crippen LogP contribution >= 0.6 is 0 Å². The predicted octanol–water partition coefficient (Wildman–Crippen LogP) is 5.04. The Kier molecular flexibility index (Phi) is 7.82. The average Bonchev–Trinajstić information content (AvgIpc) is 2.88. The summed E-state index contributed by atoms with van der Waals surface area (Å²) in [5, 5.41) is 3.27. The lowest BCUT2D eigenvalue weighted by molar-refractivity contribution is -0.128. The summed E-state index contributed by atoms with van der Waals surface area (Å²) >= 11 is 0. The third kappa shape index (κ3) is 6.21. The van der Waals surface area contributed by atoms with Gasteiger partial charge in [-0.3, -0.25) is 14.5 Å². The first-order valence-corrected chi connectivity index (χ1v) is 14.2. The van der Waals surface area contributed by atoms with Crippen LogP contribution in [-0.2, 0) is 17.8 Å². The number of guanidine groups is 1. The first-order chi connectivity index (χ1) is 18.7. The number of nitrogens with one attached hydrogen (secondary N) is 1. The highest BCUT2D eigenvalue weighted by atomic mass is 16.5. The maximum absolute atomic E-state index is 13.6. The molecule has 6 bridgehead atoms. The molecule has 4 aliphatic rings. The van der Waals surface area contributed by atoms with Crippen LogP contribution in [0.25, 0.3) is 0 Å². The molecule has 3 N–H and O–H groups in total. The van der Waals surface area contributed by atoms with Crippen LogP contribution in [0.5, 0.6) is 11.5 Å². The SMILES string of the molecule is CCOc1ccc2cc1CN1C(=O)CC(CCCCCCc3ccc4c(c3)C(CC(C)(C)O4)NC2=O)N=C1N. The van der Waals surface area contributed by atoms with Gasteiger partial charge in [0.25, 0.3) is 5.91 Å². The highest BCUT2D eigenvalue weighted by molar-refractivity contribution is 5.99. The van der Waals surface area contributed by atoms with Crippen LogP contribution in [0.1, 0.15) is 98.8 Å². The number of ether oxygens (including phenoxy) is 2. The minimum atomic E-state index is -0.409. The Hall–Kier alpha value is -3.55. The van der Waals surface area contributed by atoms with Crippen molar-refractivity contribution in [2.24, 2.45) is 10.7 Å². The molecule has 6 rings (SSSR count). The van der Waals surface area contributed by atoms with Crippen LogP contribution < -0.4 is 20.5 Å². The van der Waals surface area contributed by atoms with Crippen LogP contribution in [0.2, 0.25) is 0 Å². The number of rotatable bonds is 2. The Labute approximate surface area is 230 Å². The molecule has 0 fully saturated rings. The van der Waals surface area contributed by atoms with E-state index in [1.807, 2.05) is 20.8 Å². The van der Waals surface area contributed by atoms with Crippen LogP contribution in [0.15, 0.2) is 41.4 Å². The van der Waals surface area contributed by atoms with Crippen LogP contribution in [0.4, 0.5) is 0 Å². The van der Waals surface area contributed by atoms with Gasteiger partial charge in [-0.2, -0.15) is 0 Å². The van der Waals surface area contributed by atoms with Gasteiger partial charge < -0.3 is 20.5 Å². The number of nitrogens with zero attached hydrogens (tertiary/aromatic N) is 2. The highest BCUT2D eigenvalue weighted by Crippen LogP contribution is 2.40. The molecular weight excluding hydrogens is 492 g/mol. The monoisotopic (exact) mass is 532 g/mol. The number of aliphatic imine (C=N–C) groups is 1. The van der Waals surface area contributed by atoms with Crippen LogP contribution in [-0.4, -0.2) is 40.9 Å². The number of carbonyl (C=O) groups is 2. The van der Waals surface area contributed by atoms with Crippen LogP contribution in [0.3, 0.4) is 0 Å². The van der Waals surface area contributed by atoms with E-state index in [1.54, 1.807) is 18.2 Å². The minimum Gasteiger partial charge on any atom is -0.494 e. The number of fused-ring (bicyclic) bond motifs is 7. The van der Waals surface area contributed by atoms with Crippen molar-refractivity contribution in [2.45, 2.75) is 96.4 Å². The Bertz CT molecular complexity index is 1270. The molecule has 2 unspecified atom stereocenters. The quantitative estimate of drug-likeness (QED) is 0.564. The largest absolute Gasteiger partial charge is 0.494 e. The topological polar surface area (TPSA) is 106 Å². The predicted molar refractivity (Wildman–Crippen MR) is 151 cm³/mol. The molecule has 39 heavy (non-hydrogen) atoms. The van der Waals surface area contributed by atoms with Gasteiger partial charge in [0.15, 0.2) is 5.96 Å². The average molecular weight is 533 g/mol. The molecule has 2 aromatic rings. The van der Waals surface area contributed by atoms with E-state index < -0.39 is 5.60 Å². The fourth-order valence-corrected chi connectivity index (χ4v) is 5.88. The molecule has 8 heteroatoms. The molecule has 0 saturated heterocycles. The van der Waals surface area contributed by atoms with Gasteiger partial charge in [0.2, 0.25) is 5.91 Å². The zero-order valence-electron chi connectivity index (χ0n) is 23.3. The van der Waals surface area contributed by atoms with E-state index in [1.165, 1.54) is 10.5 Å². The number of carbonyl (C=O) groups excluding carboxylic acids is 2. The van der Waals surface area contributed by atoms with Gasteiger partial charge in [-0.05, 0) is 69.9 Å². The lowest BCUT2D eigenvalue weighted by Gasteiger charge is -2.38. The van der Waals surface area contributed by atoms with Gasteiger partial charge in [0.1, 0.15) is 17.1 Å². The molecule has 0 saturated carbocycles. The Morgan fingerprint density at radius 2 is 1.95 bits per heavy atom. The van der Waals surface area contributed by atoms with E-state index >= 15 is 0 Å². The molecule has 8 nitrogen and oxygen atoms in total. The lowest BCUT2D eigenvalue weighted by Crippen LogP contribution is -2.46. The van der Waals surface area contributed by atoms with E-state index in [4.69, 9.17) is 15.2 Å². The molecule has 0 aliphatic carbocycles. The van der Waals surface area contributed by atoms with Crippen molar-refractivity contribution in [2.75, 3.05) is 6.61 Å². The standard InChI is InChI=1S/C31H40N4O4/c1-4-38-26-14-12-21-16-22(26)19-35-28(36)17-23(33-30(35)32)10-8-6-5-7-9-20-11-13-27-24(15-20)25(34-29(21)37)18-31(2,3)39-27/h11-16,23,25H,4-10,17-19H2,1-3H3,(H2,32,33)(H,34,37). The van der Waals surface area contributed by atoms with Crippen molar-refractivity contribution in [3.05, 3.63) is 58.7 Å². The summed E-state index contributed by atoms with van der Waals surface area (Å²) in [7, 11) is 0. The van der Waals surface area contributed by atoms with E-state index in [9.17, 15) is 9.59 Å². The third-order valence-electron chi connectivity index (χ3n) is 7.84. The minimum absolute atomic E-state index is 0.0466. The summed E-state index contributed by atoms with van der Waals surface area (Å²) in [6.45, 7) is 6.68. The maximum atomic E-state index is 13.6. The number of aryl methyl sites for hydroxylation is 1. The second kappa shape index (κ2) is 11.3. The van der Waals surface area contributed by atoms with Gasteiger partial charge in [-0.15, -0.1) is 0 Å². The second-order valence-electron chi connectivity index (χ2n) is 11.5. The van der Waals surface area contributed by atoms with E-state index in [2.05, 4.69) is 28.5 Å². The second-order valence-corrected chi connectivity index (χ2v) is 11.5. The Morgan fingerprint density at radius 3 is 2.74 bits per heavy atom. The summed E-state index contributed by atoms with van der Waals surface area (Å²) in [4.78, 5) is 32.9. The molecule has 2 atom stereocenters. The normalized spacial score (nSPS) is 23.4. The maximum Gasteiger partial charge on any atom is 0.251 e. The fourth-order valence-electron chi connectivity index (χ4n) is 5.88. The molecule has 2 amide bonds. The molecule has 0 radical (unpaired) electrons. The van der Waals surface area contributed by atoms with E-state index in [0.717, 1.165) is 55.4 Å². The number of benzene rings is 2. The van der Waals surface area contributed by atoms with Gasteiger partial charge >= 0.3 is 0 Å². The first-order valence-electron chi connectivity index (χ1n) is 14.2. The summed E-state index contributed by atoms with van der Waals surface area (Å²) in [6.07, 6.45) is 7.15. The van der Waals surface area contributed by atoms with Crippen molar-refractivity contribution >= 4 is 17.8 Å². The third-order valence-corrected chi connectivity index (χ3v) is 7.84. The zero-order chi connectivity index (χ0) is 27.6. The molecular formula is C31H40N4O4.